The first kappa shape index (κ1) is 27.6. The number of carbonyl (C=O) groups is 1. The maximum absolute atomic E-state index is 13.9. The van der Waals surface area contributed by atoms with Gasteiger partial charge in [0.1, 0.15) is 10.8 Å². The number of benzene rings is 2. The molecule has 4 rings (SSSR count). The summed E-state index contributed by atoms with van der Waals surface area (Å²) in [6, 6.07) is 15.7. The molecule has 0 aliphatic heterocycles. The van der Waals surface area contributed by atoms with Crippen LogP contribution in [0.3, 0.4) is 0 Å². The van der Waals surface area contributed by atoms with Crippen molar-refractivity contribution in [2.24, 2.45) is 11.7 Å². The Morgan fingerprint density at radius 1 is 1.11 bits per heavy atom. The number of rotatable bonds is 10. The van der Waals surface area contributed by atoms with Crippen LogP contribution in [0, 0.1) is 5.92 Å². The number of hydrogen-bond acceptors (Lipinski definition) is 6. The van der Waals surface area contributed by atoms with E-state index in [2.05, 4.69) is 5.10 Å². The van der Waals surface area contributed by atoms with Crippen LogP contribution >= 0.6 is 23.2 Å². The Hall–Kier alpha value is -3.40. The van der Waals surface area contributed by atoms with Gasteiger partial charge in [-0.1, -0.05) is 67.4 Å². The fraction of sp³-hybridized carbons (Fsp3) is 0.333. The molecule has 1 atom stereocenters. The maximum atomic E-state index is 13.9. The second-order valence-electron chi connectivity index (χ2n) is 9.22. The van der Waals surface area contributed by atoms with Gasteiger partial charge in [-0.3, -0.25) is 9.36 Å². The van der Waals surface area contributed by atoms with Gasteiger partial charge in [-0.25, -0.2) is 9.78 Å². The normalized spacial score (nSPS) is 12.2. The molecule has 2 aromatic carbocycles. The molecular formula is C27H30Cl2N6O3. The van der Waals surface area contributed by atoms with E-state index in [-0.39, 0.29) is 34.9 Å². The van der Waals surface area contributed by atoms with Crippen LogP contribution in [0.15, 0.2) is 59.4 Å². The maximum Gasteiger partial charge on any atom is 0.352 e. The summed E-state index contributed by atoms with van der Waals surface area (Å²) in [5, 5.41) is 4.87. The lowest BCUT2D eigenvalue weighted by Crippen LogP contribution is -2.43. The minimum atomic E-state index is -0.580. The predicted molar refractivity (Wildman–Crippen MR) is 148 cm³/mol. The van der Waals surface area contributed by atoms with E-state index in [0.29, 0.717) is 35.9 Å². The van der Waals surface area contributed by atoms with Gasteiger partial charge in [0.15, 0.2) is 5.65 Å². The van der Waals surface area contributed by atoms with E-state index in [0.717, 1.165) is 10.1 Å². The Morgan fingerprint density at radius 3 is 2.39 bits per heavy atom. The first-order chi connectivity index (χ1) is 18.3. The molecule has 0 bridgehead atoms. The van der Waals surface area contributed by atoms with Gasteiger partial charge in [0, 0.05) is 17.1 Å². The molecule has 0 saturated carbocycles. The molecule has 0 aliphatic carbocycles. The summed E-state index contributed by atoms with van der Waals surface area (Å²) in [6.07, 6.45) is 0.564. The standard InChI is InChI=1S/C27H30Cl2N6O3/c1-17(2)22(33(15-7-14-30)26(36)19-10-12-20(28)13-11-19)24-31-23-21(29)25(38-3)32-35(23)27(37)34(24)16-18-8-5-4-6-9-18/h4-6,8-13,17,22H,7,14-16,30H2,1-3H3. The highest BCUT2D eigenvalue weighted by Gasteiger charge is 2.33. The topological polar surface area (TPSA) is 108 Å². The van der Waals surface area contributed by atoms with Crippen molar-refractivity contribution in [1.82, 2.24) is 24.1 Å². The second kappa shape index (κ2) is 12.0. The van der Waals surface area contributed by atoms with Gasteiger partial charge in [-0.15, -0.1) is 5.10 Å². The van der Waals surface area contributed by atoms with Crippen LogP contribution in [0.5, 0.6) is 5.88 Å². The van der Waals surface area contributed by atoms with Gasteiger partial charge in [0.2, 0.25) is 0 Å². The van der Waals surface area contributed by atoms with E-state index in [4.69, 9.17) is 38.7 Å². The quantitative estimate of drug-likeness (QED) is 0.309. The number of nitrogens with zero attached hydrogens (tertiary/aromatic N) is 5. The van der Waals surface area contributed by atoms with Crippen LogP contribution in [-0.4, -0.2) is 50.2 Å². The summed E-state index contributed by atoms with van der Waals surface area (Å²) < 4.78 is 7.93. The molecule has 200 valence electrons. The first-order valence-corrected chi connectivity index (χ1v) is 13.1. The Labute approximate surface area is 230 Å². The second-order valence-corrected chi connectivity index (χ2v) is 10.0. The Bertz CT molecular complexity index is 1470. The number of halogens is 2. The third kappa shape index (κ3) is 5.55. The van der Waals surface area contributed by atoms with Crippen molar-refractivity contribution in [2.75, 3.05) is 20.2 Å². The molecule has 11 heteroatoms. The van der Waals surface area contributed by atoms with E-state index < -0.39 is 11.7 Å². The molecule has 38 heavy (non-hydrogen) atoms. The number of aromatic nitrogens is 4. The zero-order valence-corrected chi connectivity index (χ0v) is 23.0. The number of amides is 1. The molecule has 0 radical (unpaired) electrons. The van der Waals surface area contributed by atoms with Gasteiger partial charge in [-0.05, 0) is 48.7 Å². The Balaban J connectivity index is 1.95. The van der Waals surface area contributed by atoms with Crippen molar-refractivity contribution >= 4 is 34.8 Å². The summed E-state index contributed by atoms with van der Waals surface area (Å²) in [5.41, 5.74) is 6.93. The number of nitrogens with two attached hydrogens (primary N) is 1. The number of hydrogen-bond donors (Lipinski definition) is 1. The highest BCUT2D eigenvalue weighted by Crippen LogP contribution is 2.32. The number of fused-ring (bicyclic) bond motifs is 1. The number of methoxy groups -OCH3 is 1. The van der Waals surface area contributed by atoms with Crippen LogP contribution in [0.25, 0.3) is 5.65 Å². The molecule has 0 aliphatic rings. The fourth-order valence-electron chi connectivity index (χ4n) is 4.44. The van der Waals surface area contributed by atoms with Gasteiger partial charge >= 0.3 is 5.69 Å². The molecule has 0 fully saturated rings. The molecule has 2 heterocycles. The van der Waals surface area contributed by atoms with Crippen molar-refractivity contribution in [3.63, 3.8) is 0 Å². The van der Waals surface area contributed by atoms with Crippen LogP contribution in [-0.2, 0) is 6.54 Å². The van der Waals surface area contributed by atoms with Gasteiger partial charge in [0.25, 0.3) is 11.8 Å². The van der Waals surface area contributed by atoms with Crippen molar-refractivity contribution < 1.29 is 9.53 Å². The Kier molecular flexibility index (Phi) is 8.71. The summed E-state index contributed by atoms with van der Waals surface area (Å²) in [4.78, 5) is 34.3. The lowest BCUT2D eigenvalue weighted by Gasteiger charge is -2.35. The molecule has 2 aromatic heterocycles. The van der Waals surface area contributed by atoms with E-state index >= 15 is 0 Å². The van der Waals surface area contributed by atoms with Gasteiger partial charge in [-0.2, -0.15) is 4.52 Å². The summed E-state index contributed by atoms with van der Waals surface area (Å²) in [6.45, 7) is 4.95. The van der Waals surface area contributed by atoms with Gasteiger partial charge in [0.05, 0.1) is 19.7 Å². The van der Waals surface area contributed by atoms with E-state index in [9.17, 15) is 9.59 Å². The summed E-state index contributed by atoms with van der Waals surface area (Å²) in [5.74, 6) is 0.151. The molecule has 0 spiro atoms. The molecular weight excluding hydrogens is 527 g/mol. The average molecular weight is 557 g/mol. The lowest BCUT2D eigenvalue weighted by atomic mass is 9.99. The highest BCUT2D eigenvalue weighted by molar-refractivity contribution is 6.34. The van der Waals surface area contributed by atoms with Crippen LogP contribution in [0.1, 0.15) is 48.1 Å². The molecule has 1 unspecified atom stereocenters. The largest absolute Gasteiger partial charge is 0.479 e. The summed E-state index contributed by atoms with van der Waals surface area (Å²) >= 11 is 12.6. The monoisotopic (exact) mass is 556 g/mol. The smallest absolute Gasteiger partial charge is 0.352 e. The van der Waals surface area contributed by atoms with Crippen molar-refractivity contribution in [3.05, 3.63) is 92.1 Å². The SMILES string of the molecule is COc1nn2c(=O)n(Cc3ccccc3)c(C(C(C)C)N(CCCN)C(=O)c3ccc(Cl)cc3)nc2c1Cl. The van der Waals surface area contributed by atoms with E-state index in [1.807, 2.05) is 44.2 Å². The van der Waals surface area contributed by atoms with Crippen LogP contribution in [0.4, 0.5) is 0 Å². The molecule has 2 N–H and O–H groups in total. The minimum absolute atomic E-state index is 0.0954. The van der Waals surface area contributed by atoms with Crippen LogP contribution < -0.4 is 16.2 Å². The highest BCUT2D eigenvalue weighted by atomic mass is 35.5. The van der Waals surface area contributed by atoms with Crippen molar-refractivity contribution in [2.45, 2.75) is 32.9 Å². The number of carbonyl (C=O) groups excluding carboxylic acids is 1. The van der Waals surface area contributed by atoms with E-state index in [1.165, 1.54) is 7.11 Å². The fourth-order valence-corrected chi connectivity index (χ4v) is 4.80. The molecule has 0 saturated heterocycles. The van der Waals surface area contributed by atoms with E-state index in [1.54, 1.807) is 33.7 Å². The third-order valence-electron chi connectivity index (χ3n) is 6.25. The molecule has 1 amide bonds. The zero-order valence-electron chi connectivity index (χ0n) is 21.5. The Morgan fingerprint density at radius 2 is 1.79 bits per heavy atom. The average Bonchev–Trinajstić information content (AvgIpc) is 3.24. The third-order valence-corrected chi connectivity index (χ3v) is 6.83. The minimum Gasteiger partial charge on any atom is -0.479 e. The van der Waals surface area contributed by atoms with Crippen molar-refractivity contribution in [3.8, 4) is 5.88 Å². The number of ether oxygens (including phenoxy) is 1. The van der Waals surface area contributed by atoms with Gasteiger partial charge < -0.3 is 15.4 Å². The zero-order chi connectivity index (χ0) is 27.4. The lowest BCUT2D eigenvalue weighted by molar-refractivity contribution is 0.0601. The predicted octanol–water partition coefficient (Wildman–Crippen LogP) is 4.44. The first-order valence-electron chi connectivity index (χ1n) is 12.3. The van der Waals surface area contributed by atoms with Crippen LogP contribution in [0.2, 0.25) is 10.0 Å². The van der Waals surface area contributed by atoms with Crippen molar-refractivity contribution in [1.29, 1.82) is 0 Å². The summed E-state index contributed by atoms with van der Waals surface area (Å²) in [7, 11) is 1.42. The molecule has 9 nitrogen and oxygen atoms in total. The molecule has 4 aromatic rings.